The molecule has 0 radical (unpaired) electrons. The number of aromatic nitrogens is 4. The van der Waals surface area contributed by atoms with E-state index in [2.05, 4.69) is 55.4 Å². The van der Waals surface area contributed by atoms with Crippen molar-refractivity contribution >= 4 is 28.5 Å². The molecule has 3 aromatic heterocycles. The number of hydrogen-bond acceptors (Lipinski definition) is 9. The summed E-state index contributed by atoms with van der Waals surface area (Å²) in [6, 6.07) is 5.83. The zero-order valence-corrected chi connectivity index (χ0v) is 20.2. The molecule has 0 bridgehead atoms. The number of aliphatic hydroxyl groups excluding tert-OH is 2. The van der Waals surface area contributed by atoms with Crippen LogP contribution in [0.25, 0.3) is 10.9 Å². The number of fused-ring (bicyclic) bond motifs is 1. The maximum atomic E-state index is 10.0. The molecule has 0 unspecified atom stereocenters. The lowest BCUT2D eigenvalue weighted by Crippen LogP contribution is -2.34. The number of nitrogens with zero attached hydrogens (tertiary/aromatic N) is 5. The smallest absolute Gasteiger partial charge is 0.229 e. The summed E-state index contributed by atoms with van der Waals surface area (Å²) in [5, 5.41) is 26.7. The van der Waals surface area contributed by atoms with Gasteiger partial charge < -0.3 is 20.8 Å². The molecule has 0 aromatic carbocycles. The van der Waals surface area contributed by atoms with E-state index in [1.807, 2.05) is 18.3 Å². The van der Waals surface area contributed by atoms with Crippen LogP contribution < -0.4 is 10.6 Å². The van der Waals surface area contributed by atoms with Crippen molar-refractivity contribution in [3.8, 4) is 0 Å². The summed E-state index contributed by atoms with van der Waals surface area (Å²) in [7, 11) is 0. The maximum Gasteiger partial charge on any atom is 0.229 e. The Hall–Kier alpha value is -2.88. The molecule has 1 aliphatic rings. The number of anilines is 3. The first-order valence-electron chi connectivity index (χ1n) is 12.1. The fourth-order valence-electron chi connectivity index (χ4n) is 4.05. The van der Waals surface area contributed by atoms with Crippen molar-refractivity contribution < 1.29 is 10.2 Å². The first kappa shape index (κ1) is 24.3. The summed E-state index contributed by atoms with van der Waals surface area (Å²) in [5.41, 5.74) is 2.44. The number of pyridine rings is 2. The lowest BCUT2D eigenvalue weighted by atomic mass is 9.98. The van der Waals surface area contributed by atoms with Gasteiger partial charge in [0.2, 0.25) is 5.95 Å². The Bertz CT molecular complexity index is 1080. The highest BCUT2D eigenvalue weighted by atomic mass is 16.3. The molecule has 0 spiro atoms. The summed E-state index contributed by atoms with van der Waals surface area (Å²) in [5.74, 6) is 2.64. The van der Waals surface area contributed by atoms with E-state index in [4.69, 9.17) is 0 Å². The molecule has 4 rings (SSSR count). The normalized spacial score (nSPS) is 16.2. The van der Waals surface area contributed by atoms with Gasteiger partial charge in [-0.1, -0.05) is 19.9 Å². The van der Waals surface area contributed by atoms with Gasteiger partial charge in [-0.15, -0.1) is 0 Å². The lowest BCUT2D eigenvalue weighted by Gasteiger charge is -2.30. The van der Waals surface area contributed by atoms with Crippen LogP contribution in [0.2, 0.25) is 0 Å². The third-order valence-corrected chi connectivity index (χ3v) is 6.13. The van der Waals surface area contributed by atoms with Crippen molar-refractivity contribution in [2.24, 2.45) is 11.8 Å². The molecule has 1 fully saturated rings. The molecule has 182 valence electrons. The van der Waals surface area contributed by atoms with E-state index in [0.717, 1.165) is 50.0 Å². The van der Waals surface area contributed by atoms with E-state index in [1.165, 1.54) is 0 Å². The minimum absolute atomic E-state index is 0.291. The highest BCUT2D eigenvalue weighted by Gasteiger charge is 2.18. The van der Waals surface area contributed by atoms with Gasteiger partial charge in [0.25, 0.3) is 0 Å². The van der Waals surface area contributed by atoms with Gasteiger partial charge in [0.15, 0.2) is 5.82 Å². The highest BCUT2D eigenvalue weighted by molar-refractivity contribution is 5.89. The number of piperidine rings is 1. The molecule has 9 heteroatoms. The van der Waals surface area contributed by atoms with E-state index in [-0.39, 0.29) is 0 Å². The largest absolute Gasteiger partial charge is 0.396 e. The van der Waals surface area contributed by atoms with Crippen LogP contribution >= 0.6 is 0 Å². The molecule has 4 heterocycles. The molecule has 9 nitrogen and oxygen atoms in total. The van der Waals surface area contributed by atoms with Crippen molar-refractivity contribution in [1.29, 1.82) is 0 Å². The monoisotopic (exact) mass is 465 g/mol. The summed E-state index contributed by atoms with van der Waals surface area (Å²) in [6.07, 6.45) is 5.04. The number of nitrogens with one attached hydrogen (secondary N) is 2. The van der Waals surface area contributed by atoms with Gasteiger partial charge in [0, 0.05) is 37.5 Å². The maximum absolute atomic E-state index is 10.0. The predicted octanol–water partition coefficient (Wildman–Crippen LogP) is 3.49. The third kappa shape index (κ3) is 6.16. The van der Waals surface area contributed by atoms with Crippen LogP contribution in [0.3, 0.4) is 0 Å². The Balaban J connectivity index is 1.47. The zero-order chi connectivity index (χ0) is 24.1. The summed E-state index contributed by atoms with van der Waals surface area (Å²) >= 11 is 0. The molecule has 0 saturated carbocycles. The van der Waals surface area contributed by atoms with E-state index >= 15 is 0 Å². The predicted molar refractivity (Wildman–Crippen MR) is 134 cm³/mol. The first-order chi connectivity index (χ1) is 16.4. The van der Waals surface area contributed by atoms with Crippen LogP contribution in [0.15, 0.2) is 30.6 Å². The Morgan fingerprint density at radius 3 is 2.53 bits per heavy atom. The molecule has 34 heavy (non-hydrogen) atoms. The Kier molecular flexibility index (Phi) is 7.87. The van der Waals surface area contributed by atoms with Crippen molar-refractivity contribution in [3.63, 3.8) is 0 Å². The number of aliphatic hydroxyl groups is 2. The van der Waals surface area contributed by atoms with Crippen LogP contribution in [-0.2, 0) is 6.54 Å². The highest BCUT2D eigenvalue weighted by Crippen LogP contribution is 2.25. The van der Waals surface area contributed by atoms with Gasteiger partial charge in [-0.2, -0.15) is 0 Å². The van der Waals surface area contributed by atoms with Crippen LogP contribution in [-0.4, -0.2) is 61.3 Å². The molecule has 3 aromatic rings. The first-order valence-corrected chi connectivity index (χ1v) is 12.1. The van der Waals surface area contributed by atoms with E-state index in [0.29, 0.717) is 47.2 Å². The number of rotatable bonds is 9. The summed E-state index contributed by atoms with van der Waals surface area (Å²) in [4.78, 5) is 20.7. The van der Waals surface area contributed by atoms with Crippen molar-refractivity contribution in [2.75, 3.05) is 36.9 Å². The number of likely N-dealkylation sites (tertiary alicyclic amines) is 1. The van der Waals surface area contributed by atoms with Gasteiger partial charge in [0.05, 0.1) is 11.8 Å². The average molecular weight is 466 g/mol. The molecule has 1 atom stereocenters. The quantitative estimate of drug-likeness (QED) is 0.376. The standard InChI is InChI=1S/C25H35N7O2/c1-16(2)11-27-24-23-20(10-21(29-24)17(3)34)13-28-25(31-23)30-22-5-4-19(12-26-22)14-32-8-6-18(15-33)7-9-32/h4-5,10,12-13,16-18,33-34H,6-9,11,14-15H2,1-3H3,(H,27,29)(H,26,28,30,31)/t17-/m1/s1. The van der Waals surface area contributed by atoms with Gasteiger partial charge >= 0.3 is 0 Å². The van der Waals surface area contributed by atoms with Gasteiger partial charge in [-0.25, -0.2) is 19.9 Å². The average Bonchev–Trinajstić information content (AvgIpc) is 2.84. The minimum Gasteiger partial charge on any atom is -0.396 e. The van der Waals surface area contributed by atoms with E-state index in [9.17, 15) is 10.2 Å². The van der Waals surface area contributed by atoms with E-state index in [1.54, 1.807) is 13.1 Å². The topological polar surface area (TPSA) is 119 Å². The summed E-state index contributed by atoms with van der Waals surface area (Å²) < 4.78 is 0. The van der Waals surface area contributed by atoms with Gasteiger partial charge in [-0.3, -0.25) is 4.90 Å². The molecule has 4 N–H and O–H groups in total. The lowest BCUT2D eigenvalue weighted by molar-refractivity contribution is 0.127. The van der Waals surface area contributed by atoms with Crippen LogP contribution in [0, 0.1) is 11.8 Å². The fraction of sp³-hybridized carbons (Fsp3) is 0.520. The van der Waals surface area contributed by atoms with Crippen LogP contribution in [0.5, 0.6) is 0 Å². The molecule has 1 aliphatic heterocycles. The van der Waals surface area contributed by atoms with Crippen LogP contribution in [0.4, 0.5) is 17.6 Å². The van der Waals surface area contributed by atoms with Crippen molar-refractivity contribution in [1.82, 2.24) is 24.8 Å². The molecule has 1 saturated heterocycles. The van der Waals surface area contributed by atoms with Crippen molar-refractivity contribution in [2.45, 2.75) is 46.3 Å². The third-order valence-electron chi connectivity index (χ3n) is 6.13. The second-order valence-electron chi connectivity index (χ2n) is 9.56. The fourth-order valence-corrected chi connectivity index (χ4v) is 4.05. The SMILES string of the molecule is CC(C)CNc1nc([C@@H](C)O)cc2cnc(Nc3ccc(CN4CCC(CO)CC4)cn3)nc12. The Morgan fingerprint density at radius 1 is 1.09 bits per heavy atom. The molecule has 0 aliphatic carbocycles. The minimum atomic E-state index is -0.675. The summed E-state index contributed by atoms with van der Waals surface area (Å²) in [6.45, 7) is 9.87. The van der Waals surface area contributed by atoms with Gasteiger partial charge in [-0.05, 0) is 62.4 Å². The van der Waals surface area contributed by atoms with Crippen molar-refractivity contribution in [3.05, 3.63) is 41.9 Å². The molecular formula is C25H35N7O2. The second kappa shape index (κ2) is 11.0. The van der Waals surface area contributed by atoms with E-state index < -0.39 is 6.10 Å². The Morgan fingerprint density at radius 2 is 1.88 bits per heavy atom. The zero-order valence-electron chi connectivity index (χ0n) is 20.2. The van der Waals surface area contributed by atoms with Gasteiger partial charge in [0.1, 0.15) is 11.3 Å². The second-order valence-corrected chi connectivity index (χ2v) is 9.56. The molecular weight excluding hydrogens is 430 g/mol. The Labute approximate surface area is 200 Å². The number of hydrogen-bond donors (Lipinski definition) is 4. The molecule has 0 amide bonds. The van der Waals surface area contributed by atoms with Crippen LogP contribution in [0.1, 0.15) is 51.0 Å².